The molecule has 3 aliphatic heterocycles. The number of methoxy groups -OCH3 is 2. The third-order valence-electron chi connectivity index (χ3n) is 7.50. The second kappa shape index (κ2) is 11.5. The van der Waals surface area contributed by atoms with Gasteiger partial charge in [0.05, 0.1) is 24.8 Å². The van der Waals surface area contributed by atoms with Crippen molar-refractivity contribution in [3.63, 3.8) is 0 Å². The summed E-state index contributed by atoms with van der Waals surface area (Å²) >= 11 is 6.85. The summed E-state index contributed by atoms with van der Waals surface area (Å²) in [4.78, 5) is 15.9. The van der Waals surface area contributed by atoms with Crippen molar-refractivity contribution in [1.82, 2.24) is 10.2 Å². The lowest BCUT2D eigenvalue weighted by Gasteiger charge is -2.48. The molecular weight excluding hydrogens is 504 g/mol. The molecule has 1 amide bonds. The summed E-state index contributed by atoms with van der Waals surface area (Å²) in [5, 5.41) is 3.55. The molecule has 3 fully saturated rings. The van der Waals surface area contributed by atoms with E-state index in [-0.39, 0.29) is 23.1 Å². The number of halogens is 1. The number of amides is 1. The highest BCUT2D eigenvalue weighted by Gasteiger charge is 2.40. The number of ether oxygens (including phenoxy) is 4. The highest BCUT2D eigenvalue weighted by molar-refractivity contribution is 6.35. The smallest absolute Gasteiger partial charge is 0.253 e. The highest BCUT2D eigenvalue weighted by atomic mass is 35.5. The molecule has 0 saturated carbocycles. The van der Waals surface area contributed by atoms with E-state index in [9.17, 15) is 4.79 Å². The van der Waals surface area contributed by atoms with Gasteiger partial charge in [-0.3, -0.25) is 4.79 Å². The van der Waals surface area contributed by atoms with Gasteiger partial charge < -0.3 is 29.2 Å². The molecule has 8 heteroatoms. The molecule has 0 atom stereocenters. The first-order valence-electron chi connectivity index (χ1n) is 12.9. The van der Waals surface area contributed by atoms with Crippen LogP contribution >= 0.6 is 11.6 Å². The fourth-order valence-corrected chi connectivity index (χ4v) is 5.34. The van der Waals surface area contributed by atoms with Crippen LogP contribution in [-0.4, -0.2) is 50.2 Å². The number of nitrogens with one attached hydrogen (secondary N) is 1. The van der Waals surface area contributed by atoms with E-state index in [1.165, 1.54) is 0 Å². The monoisotopic (exact) mass is 536 g/mol. The van der Waals surface area contributed by atoms with Crippen molar-refractivity contribution in [2.75, 3.05) is 33.9 Å². The minimum Gasteiger partial charge on any atom is -0.497 e. The zero-order chi connectivity index (χ0) is 26.5. The number of fused-ring (bicyclic) bond motifs is 3. The number of hydrogen-bond donors (Lipinski definition) is 1. The van der Waals surface area contributed by atoms with E-state index >= 15 is 0 Å². The second-order valence-corrected chi connectivity index (χ2v) is 10.2. The van der Waals surface area contributed by atoms with Gasteiger partial charge in [-0.25, -0.2) is 0 Å². The molecule has 6 rings (SSSR count). The number of hydrogen-bond acceptors (Lipinski definition) is 6. The Labute approximate surface area is 228 Å². The van der Waals surface area contributed by atoms with Gasteiger partial charge in [0.15, 0.2) is 11.5 Å². The predicted octanol–water partition coefficient (Wildman–Crippen LogP) is 5.48. The van der Waals surface area contributed by atoms with Crippen LogP contribution in [0.15, 0.2) is 60.7 Å². The first-order valence-corrected chi connectivity index (χ1v) is 13.3. The van der Waals surface area contributed by atoms with Crippen LogP contribution in [0.1, 0.15) is 40.7 Å². The van der Waals surface area contributed by atoms with Gasteiger partial charge in [-0.05, 0) is 66.8 Å². The second-order valence-electron chi connectivity index (χ2n) is 9.85. The van der Waals surface area contributed by atoms with E-state index in [4.69, 9.17) is 30.5 Å². The van der Waals surface area contributed by atoms with Crippen molar-refractivity contribution < 1.29 is 23.7 Å². The quantitative estimate of drug-likeness (QED) is 0.370. The van der Waals surface area contributed by atoms with Gasteiger partial charge in [0.1, 0.15) is 24.7 Å². The Bertz CT molecular complexity index is 1240. The standard InChI is InChI=1S/C30H33ClN2O5/c1-35-23-7-3-21(4-8-23)19-37-26-12-11-25(29(34)32-30-13-16-33(17-14-30)18-15-30)27(31)28(26)38-20-22-5-9-24(36-2)10-6-22/h3-12H,13-20H2,1-2H3,(H,32,34). The fraction of sp³-hybridized carbons (Fsp3) is 0.367. The molecule has 0 aliphatic carbocycles. The Morgan fingerprint density at radius 2 is 1.34 bits per heavy atom. The van der Waals surface area contributed by atoms with Crippen molar-refractivity contribution in [2.24, 2.45) is 0 Å². The van der Waals surface area contributed by atoms with Gasteiger partial charge in [0, 0.05) is 25.2 Å². The molecule has 7 nitrogen and oxygen atoms in total. The van der Waals surface area contributed by atoms with Crippen LogP contribution in [0.4, 0.5) is 0 Å². The molecule has 3 aliphatic rings. The molecular formula is C30H33ClN2O5. The SMILES string of the molecule is COc1ccc(COc2ccc(C(=O)NC34CCN(CC3)CC4)c(Cl)c2OCc2ccc(OC)cc2)cc1. The summed E-state index contributed by atoms with van der Waals surface area (Å²) in [5.74, 6) is 2.18. The molecule has 1 N–H and O–H groups in total. The van der Waals surface area contributed by atoms with E-state index in [0.717, 1.165) is 61.5 Å². The molecule has 2 bridgehead atoms. The summed E-state index contributed by atoms with van der Waals surface area (Å²) in [6.45, 7) is 3.62. The maximum absolute atomic E-state index is 13.4. The third kappa shape index (κ3) is 5.84. The summed E-state index contributed by atoms with van der Waals surface area (Å²) in [6, 6.07) is 18.7. The fourth-order valence-electron chi connectivity index (χ4n) is 5.04. The molecule has 38 heavy (non-hydrogen) atoms. The van der Waals surface area contributed by atoms with Crippen molar-refractivity contribution >= 4 is 17.5 Å². The van der Waals surface area contributed by atoms with Crippen LogP contribution < -0.4 is 24.3 Å². The van der Waals surface area contributed by atoms with Crippen LogP contribution in [0, 0.1) is 0 Å². The van der Waals surface area contributed by atoms with Gasteiger partial charge in [0.2, 0.25) is 0 Å². The summed E-state index contributed by atoms with van der Waals surface area (Å²) in [5.41, 5.74) is 2.12. The molecule has 0 spiro atoms. The zero-order valence-electron chi connectivity index (χ0n) is 21.8. The van der Waals surface area contributed by atoms with Gasteiger partial charge in [-0.2, -0.15) is 0 Å². The minimum atomic E-state index is -0.179. The Morgan fingerprint density at radius 1 is 0.816 bits per heavy atom. The number of carbonyl (C=O) groups is 1. The average Bonchev–Trinajstić information content (AvgIpc) is 2.96. The van der Waals surface area contributed by atoms with Crippen LogP contribution in [0.25, 0.3) is 0 Å². The number of nitrogens with zero attached hydrogens (tertiary/aromatic N) is 1. The maximum atomic E-state index is 13.4. The zero-order valence-corrected chi connectivity index (χ0v) is 22.6. The maximum Gasteiger partial charge on any atom is 0.253 e. The lowest BCUT2D eigenvalue weighted by molar-refractivity contribution is 0.0515. The lowest BCUT2D eigenvalue weighted by atomic mass is 9.80. The Balaban J connectivity index is 1.37. The number of benzene rings is 3. The van der Waals surface area contributed by atoms with Gasteiger partial charge >= 0.3 is 0 Å². The molecule has 3 aromatic carbocycles. The van der Waals surface area contributed by atoms with Crippen LogP contribution in [0.5, 0.6) is 23.0 Å². The molecule has 0 radical (unpaired) electrons. The Kier molecular flexibility index (Phi) is 7.95. The van der Waals surface area contributed by atoms with Crippen LogP contribution in [-0.2, 0) is 13.2 Å². The number of piperidine rings is 3. The van der Waals surface area contributed by atoms with Gasteiger partial charge in [0.25, 0.3) is 5.91 Å². The summed E-state index contributed by atoms with van der Waals surface area (Å²) in [6.07, 6.45) is 2.88. The van der Waals surface area contributed by atoms with Crippen LogP contribution in [0.2, 0.25) is 5.02 Å². The topological polar surface area (TPSA) is 69.3 Å². The first kappa shape index (κ1) is 26.2. The third-order valence-corrected chi connectivity index (χ3v) is 7.87. The van der Waals surface area contributed by atoms with E-state index in [1.54, 1.807) is 26.4 Å². The highest BCUT2D eigenvalue weighted by Crippen LogP contribution is 2.40. The van der Waals surface area contributed by atoms with Gasteiger partial charge in [-0.1, -0.05) is 35.9 Å². The number of rotatable bonds is 10. The van der Waals surface area contributed by atoms with Crippen molar-refractivity contribution in [2.45, 2.75) is 38.0 Å². The van der Waals surface area contributed by atoms with Gasteiger partial charge in [-0.15, -0.1) is 0 Å². The van der Waals surface area contributed by atoms with Crippen molar-refractivity contribution in [1.29, 1.82) is 0 Å². The van der Waals surface area contributed by atoms with Crippen molar-refractivity contribution in [3.8, 4) is 23.0 Å². The Hall–Kier alpha value is -3.42. The average molecular weight is 537 g/mol. The Morgan fingerprint density at radius 3 is 1.87 bits per heavy atom. The predicted molar refractivity (Wildman–Crippen MR) is 147 cm³/mol. The minimum absolute atomic E-state index is 0.164. The molecule has 0 unspecified atom stereocenters. The lowest BCUT2D eigenvalue weighted by Crippen LogP contribution is -2.61. The number of carbonyl (C=O) groups excluding carboxylic acids is 1. The first-order chi connectivity index (χ1) is 18.5. The van der Waals surface area contributed by atoms with E-state index in [2.05, 4.69) is 10.2 Å². The van der Waals surface area contributed by atoms with E-state index in [1.807, 2.05) is 48.5 Å². The largest absolute Gasteiger partial charge is 0.497 e. The van der Waals surface area contributed by atoms with Crippen molar-refractivity contribution in [3.05, 3.63) is 82.4 Å². The molecule has 3 saturated heterocycles. The summed E-state index contributed by atoms with van der Waals surface area (Å²) < 4.78 is 22.8. The molecule has 3 aromatic rings. The molecule has 0 aromatic heterocycles. The van der Waals surface area contributed by atoms with E-state index < -0.39 is 0 Å². The van der Waals surface area contributed by atoms with E-state index in [0.29, 0.717) is 23.7 Å². The molecule has 3 heterocycles. The van der Waals surface area contributed by atoms with Crippen LogP contribution in [0.3, 0.4) is 0 Å². The summed E-state index contributed by atoms with van der Waals surface area (Å²) in [7, 11) is 3.26. The normalized spacial score (nSPS) is 20.0. The molecule has 200 valence electrons.